The molecule has 0 radical (unpaired) electrons. The lowest BCUT2D eigenvalue weighted by Gasteiger charge is -2.35. The maximum absolute atomic E-state index is 13.9. The van der Waals surface area contributed by atoms with E-state index in [2.05, 4.69) is 20.3 Å². The highest BCUT2D eigenvalue weighted by Gasteiger charge is 2.40. The number of likely N-dealkylation sites (tertiary alicyclic amines) is 1. The van der Waals surface area contributed by atoms with Crippen LogP contribution in [0.15, 0.2) is 35.5 Å². The molecular weight excluding hydrogens is 516 g/mol. The minimum atomic E-state index is -2.77. The molecule has 202 valence electrons. The molecule has 1 atom stereocenters. The third kappa shape index (κ3) is 4.98. The summed E-state index contributed by atoms with van der Waals surface area (Å²) >= 11 is 1.32. The number of hydrogen-bond acceptors (Lipinski definition) is 7. The van der Waals surface area contributed by atoms with Gasteiger partial charge < -0.3 is 15.3 Å². The van der Waals surface area contributed by atoms with Gasteiger partial charge in [-0.15, -0.1) is 0 Å². The van der Waals surface area contributed by atoms with E-state index in [-0.39, 0.29) is 23.8 Å². The van der Waals surface area contributed by atoms with Crippen LogP contribution in [0.4, 0.5) is 19.4 Å². The molecule has 2 fully saturated rings. The second-order valence-electron chi connectivity index (χ2n) is 9.57. The number of thioether (sulfide) groups is 1. The van der Waals surface area contributed by atoms with Crippen molar-refractivity contribution < 1.29 is 23.5 Å². The summed E-state index contributed by atoms with van der Waals surface area (Å²) in [5, 5.41) is 13.1. The van der Waals surface area contributed by atoms with Gasteiger partial charge in [0.15, 0.2) is 11.0 Å². The summed E-state index contributed by atoms with van der Waals surface area (Å²) < 4.78 is 29.2. The second kappa shape index (κ2) is 10.7. The summed E-state index contributed by atoms with van der Waals surface area (Å²) in [5.74, 6) is 0.367. The van der Waals surface area contributed by atoms with Gasteiger partial charge in [0.05, 0.1) is 11.0 Å². The Balaban J connectivity index is 1.31. The highest BCUT2D eigenvalue weighted by atomic mass is 32.2. The third-order valence-corrected chi connectivity index (χ3v) is 7.90. The van der Waals surface area contributed by atoms with Crippen LogP contribution in [0.25, 0.3) is 16.9 Å². The van der Waals surface area contributed by atoms with Crippen molar-refractivity contribution in [1.29, 1.82) is 0 Å². The molecule has 3 heterocycles. The molecular formula is C25H29F2N7O3S. The Morgan fingerprint density at radius 2 is 1.89 bits per heavy atom. The van der Waals surface area contributed by atoms with E-state index in [1.54, 1.807) is 30.3 Å². The molecule has 10 nitrogen and oxygen atoms in total. The van der Waals surface area contributed by atoms with E-state index >= 15 is 0 Å². The number of para-hydroxylation sites is 2. The highest BCUT2D eigenvalue weighted by Crippen LogP contribution is 2.32. The number of likely N-dealkylation sites (N-methyl/N-ethyl adjacent to an activating group) is 1. The molecule has 1 saturated carbocycles. The van der Waals surface area contributed by atoms with E-state index in [0.29, 0.717) is 40.8 Å². The van der Waals surface area contributed by atoms with Crippen LogP contribution >= 0.6 is 11.8 Å². The number of amides is 2. The maximum Gasteiger partial charge on any atom is 0.407 e. The smallest absolute Gasteiger partial charge is 0.407 e. The number of fused-ring (bicyclic) bond motifs is 1. The van der Waals surface area contributed by atoms with E-state index < -0.39 is 18.6 Å². The Morgan fingerprint density at radius 1 is 1.16 bits per heavy atom. The largest absolute Gasteiger partial charge is 0.465 e. The van der Waals surface area contributed by atoms with Gasteiger partial charge in [-0.2, -0.15) is 0 Å². The molecule has 3 aromatic rings. The van der Waals surface area contributed by atoms with Gasteiger partial charge in [-0.25, -0.2) is 28.5 Å². The predicted octanol–water partition coefficient (Wildman–Crippen LogP) is 4.41. The van der Waals surface area contributed by atoms with Crippen LogP contribution in [0.3, 0.4) is 0 Å². The quantitative estimate of drug-likeness (QED) is 0.331. The molecule has 13 heteroatoms. The van der Waals surface area contributed by atoms with Crippen molar-refractivity contribution in [2.75, 3.05) is 25.2 Å². The topological polar surface area (TPSA) is 116 Å². The summed E-state index contributed by atoms with van der Waals surface area (Å²) in [7, 11) is 1.44. The summed E-state index contributed by atoms with van der Waals surface area (Å²) in [6.45, 7) is 0.557. The van der Waals surface area contributed by atoms with Crippen LogP contribution in [0.5, 0.6) is 0 Å². The van der Waals surface area contributed by atoms with E-state index in [1.807, 2.05) is 11.2 Å². The normalized spacial score (nSPS) is 21.9. The highest BCUT2D eigenvalue weighted by molar-refractivity contribution is 7.98. The predicted molar refractivity (Wildman–Crippen MR) is 139 cm³/mol. The van der Waals surface area contributed by atoms with Gasteiger partial charge in [0.1, 0.15) is 17.7 Å². The monoisotopic (exact) mass is 545 g/mol. The lowest BCUT2D eigenvalue weighted by molar-refractivity contribution is -0.133. The Hall–Kier alpha value is -3.48. The lowest BCUT2D eigenvalue weighted by atomic mass is 9.90. The average Bonchev–Trinajstić information content (AvgIpc) is 3.49. The van der Waals surface area contributed by atoms with Gasteiger partial charge in [-0.3, -0.25) is 14.3 Å². The number of carbonyl (C=O) groups is 2. The fourth-order valence-corrected chi connectivity index (χ4v) is 5.78. The Kier molecular flexibility index (Phi) is 7.37. The number of alkyl halides is 2. The fourth-order valence-electron chi connectivity index (χ4n) is 5.41. The number of carboxylic acid groups (broad SMARTS) is 1. The van der Waals surface area contributed by atoms with Crippen molar-refractivity contribution in [3.05, 3.63) is 36.2 Å². The first-order valence-corrected chi connectivity index (χ1v) is 13.7. The first-order chi connectivity index (χ1) is 18.3. The van der Waals surface area contributed by atoms with Crippen LogP contribution in [-0.4, -0.2) is 84.4 Å². The number of imidazole rings is 1. The molecule has 0 unspecified atom stereocenters. The minimum absolute atomic E-state index is 0.0707. The Bertz CT molecular complexity index is 1350. The molecule has 2 aromatic heterocycles. The van der Waals surface area contributed by atoms with Crippen LogP contribution < -0.4 is 5.32 Å². The first kappa shape index (κ1) is 26.1. The molecule has 2 N–H and O–H groups in total. The number of benzene rings is 1. The van der Waals surface area contributed by atoms with E-state index in [9.17, 15) is 23.5 Å². The second-order valence-corrected chi connectivity index (χ2v) is 10.3. The van der Waals surface area contributed by atoms with Crippen molar-refractivity contribution in [2.45, 2.75) is 61.8 Å². The van der Waals surface area contributed by atoms with Crippen LogP contribution in [0.2, 0.25) is 0 Å². The molecule has 2 amide bonds. The maximum atomic E-state index is 13.9. The SMILES string of the molecule is CSc1nc(NC2CCC(N3CC[C@@H](N(C)C(=O)O)C3=O)CC2)cc(-n2c(C(F)F)nc3ccccc32)n1. The fraction of sp³-hybridized carbons (Fsp3) is 0.480. The summed E-state index contributed by atoms with van der Waals surface area (Å²) in [4.78, 5) is 40.2. The number of halogens is 2. The molecule has 0 bridgehead atoms. The number of anilines is 1. The number of nitrogens with one attached hydrogen (secondary N) is 1. The van der Waals surface area contributed by atoms with Gasteiger partial charge >= 0.3 is 6.09 Å². The van der Waals surface area contributed by atoms with Crippen molar-refractivity contribution in [2.24, 2.45) is 0 Å². The summed E-state index contributed by atoms with van der Waals surface area (Å²) in [6, 6.07) is 8.17. The Labute approximate surface area is 222 Å². The van der Waals surface area contributed by atoms with Crippen molar-refractivity contribution in [1.82, 2.24) is 29.3 Å². The molecule has 1 aliphatic carbocycles. The number of nitrogens with zero attached hydrogens (tertiary/aromatic N) is 6. The molecule has 1 aromatic carbocycles. The number of aromatic nitrogens is 4. The Morgan fingerprint density at radius 3 is 2.58 bits per heavy atom. The zero-order chi connectivity index (χ0) is 27.0. The lowest BCUT2D eigenvalue weighted by Crippen LogP contribution is -2.46. The van der Waals surface area contributed by atoms with Gasteiger partial charge in [0, 0.05) is 31.7 Å². The standard InChI is InChI=1S/C25H29F2N7O3S/c1-32(25(36)37)18-11-12-33(23(18)35)15-9-7-14(8-10-15)28-19-13-20(31-24(30-19)38-2)34-17-6-4-3-5-16(17)29-22(34)21(26)27/h3-6,13-15,18,21H,7-12H2,1-2H3,(H,36,37)(H,28,30,31)/t14?,15?,18-/m1/s1. The van der Waals surface area contributed by atoms with Gasteiger partial charge in [-0.1, -0.05) is 23.9 Å². The van der Waals surface area contributed by atoms with Crippen molar-refractivity contribution in [3.8, 4) is 5.82 Å². The van der Waals surface area contributed by atoms with Crippen molar-refractivity contribution >= 4 is 40.6 Å². The number of rotatable bonds is 7. The van der Waals surface area contributed by atoms with Crippen molar-refractivity contribution in [3.63, 3.8) is 0 Å². The average molecular weight is 546 g/mol. The van der Waals surface area contributed by atoms with E-state index in [1.165, 1.54) is 23.4 Å². The summed E-state index contributed by atoms with van der Waals surface area (Å²) in [5.41, 5.74) is 1.01. The number of hydrogen-bond donors (Lipinski definition) is 2. The zero-order valence-corrected chi connectivity index (χ0v) is 21.9. The van der Waals surface area contributed by atoms with Gasteiger partial charge in [0.2, 0.25) is 5.91 Å². The molecule has 5 rings (SSSR count). The van der Waals surface area contributed by atoms with Gasteiger partial charge in [-0.05, 0) is 50.5 Å². The first-order valence-electron chi connectivity index (χ1n) is 12.5. The molecule has 0 spiro atoms. The van der Waals surface area contributed by atoms with Gasteiger partial charge in [0.25, 0.3) is 6.43 Å². The number of carbonyl (C=O) groups excluding carboxylic acids is 1. The van der Waals surface area contributed by atoms with E-state index in [4.69, 9.17) is 0 Å². The minimum Gasteiger partial charge on any atom is -0.465 e. The molecule has 1 saturated heterocycles. The van der Waals surface area contributed by atoms with Crippen LogP contribution in [0.1, 0.15) is 44.4 Å². The molecule has 2 aliphatic rings. The van der Waals surface area contributed by atoms with E-state index in [0.717, 1.165) is 30.6 Å². The molecule has 1 aliphatic heterocycles. The van der Waals surface area contributed by atoms with Crippen LogP contribution in [0, 0.1) is 0 Å². The zero-order valence-electron chi connectivity index (χ0n) is 21.0. The van der Waals surface area contributed by atoms with Crippen LogP contribution in [-0.2, 0) is 4.79 Å². The summed E-state index contributed by atoms with van der Waals surface area (Å²) in [6.07, 6.45) is 1.60. The molecule has 38 heavy (non-hydrogen) atoms. The third-order valence-electron chi connectivity index (χ3n) is 7.36.